The molecule has 23 heavy (non-hydrogen) atoms. The van der Waals surface area contributed by atoms with E-state index in [9.17, 15) is 0 Å². The van der Waals surface area contributed by atoms with Gasteiger partial charge in [-0.1, -0.05) is 90.0 Å². The van der Waals surface area contributed by atoms with E-state index in [0.717, 1.165) is 13.0 Å². The Labute approximate surface area is 145 Å². The Kier molecular flexibility index (Phi) is 18.3. The highest BCUT2D eigenvalue weighted by atomic mass is 16.5. The van der Waals surface area contributed by atoms with Crippen LogP contribution in [-0.2, 0) is 4.74 Å². The standard InChI is InChI=1S/C22H40O/c1-4-6-7-8-9-10-11-12-13-14-15-16-17-18-19-20-21-23-22(3)5-2/h5,12-13H,2-4,6-11,14-21H2,1H3/b13-12-. The van der Waals surface area contributed by atoms with Crippen LogP contribution < -0.4 is 0 Å². The molecule has 0 aliphatic carbocycles. The molecule has 0 aromatic rings. The van der Waals surface area contributed by atoms with Crippen molar-refractivity contribution < 1.29 is 4.74 Å². The number of rotatable bonds is 18. The summed E-state index contributed by atoms with van der Waals surface area (Å²) in [5, 5.41) is 0. The second-order valence-electron chi connectivity index (χ2n) is 6.46. The van der Waals surface area contributed by atoms with Gasteiger partial charge in [0.1, 0.15) is 5.76 Å². The van der Waals surface area contributed by atoms with Crippen molar-refractivity contribution in [2.24, 2.45) is 0 Å². The summed E-state index contributed by atoms with van der Waals surface area (Å²) in [4.78, 5) is 0. The van der Waals surface area contributed by atoms with Gasteiger partial charge in [0.25, 0.3) is 0 Å². The molecule has 0 radical (unpaired) electrons. The maximum Gasteiger partial charge on any atom is 0.111 e. The maximum absolute atomic E-state index is 5.39. The largest absolute Gasteiger partial charge is 0.494 e. The van der Waals surface area contributed by atoms with Crippen molar-refractivity contribution >= 4 is 0 Å². The monoisotopic (exact) mass is 320 g/mol. The van der Waals surface area contributed by atoms with Crippen molar-refractivity contribution in [2.75, 3.05) is 6.61 Å². The molecule has 0 fully saturated rings. The molecule has 0 aromatic heterocycles. The lowest BCUT2D eigenvalue weighted by molar-refractivity contribution is 0.218. The Morgan fingerprint density at radius 1 is 0.739 bits per heavy atom. The van der Waals surface area contributed by atoms with Crippen molar-refractivity contribution in [1.29, 1.82) is 0 Å². The first kappa shape index (κ1) is 22.0. The van der Waals surface area contributed by atoms with Crippen LogP contribution in [0.5, 0.6) is 0 Å². The molecule has 0 N–H and O–H groups in total. The average Bonchev–Trinajstić information content (AvgIpc) is 2.57. The Bertz CT molecular complexity index is 290. The van der Waals surface area contributed by atoms with E-state index >= 15 is 0 Å². The van der Waals surface area contributed by atoms with Gasteiger partial charge in [0, 0.05) is 0 Å². The Morgan fingerprint density at radius 3 is 1.74 bits per heavy atom. The van der Waals surface area contributed by atoms with Crippen LogP contribution in [0, 0.1) is 0 Å². The summed E-state index contributed by atoms with van der Waals surface area (Å²) < 4.78 is 5.39. The lowest BCUT2D eigenvalue weighted by Crippen LogP contribution is -1.92. The van der Waals surface area contributed by atoms with E-state index in [1.807, 2.05) is 0 Å². The van der Waals surface area contributed by atoms with Crippen molar-refractivity contribution in [2.45, 2.75) is 96.8 Å². The Hall–Kier alpha value is -0.980. The highest BCUT2D eigenvalue weighted by Gasteiger charge is 1.93. The lowest BCUT2D eigenvalue weighted by Gasteiger charge is -2.04. The molecule has 0 atom stereocenters. The third-order valence-electron chi connectivity index (χ3n) is 4.17. The molecule has 0 saturated heterocycles. The van der Waals surface area contributed by atoms with Crippen molar-refractivity contribution in [3.05, 3.63) is 37.1 Å². The first-order valence-corrected chi connectivity index (χ1v) is 9.90. The predicted molar refractivity (Wildman–Crippen MR) is 105 cm³/mol. The fourth-order valence-corrected chi connectivity index (χ4v) is 2.61. The fourth-order valence-electron chi connectivity index (χ4n) is 2.61. The molecule has 0 heterocycles. The molecule has 1 nitrogen and oxygen atoms in total. The quantitative estimate of drug-likeness (QED) is 0.109. The number of hydrogen-bond donors (Lipinski definition) is 0. The fraction of sp³-hybridized carbons (Fsp3) is 0.727. The minimum absolute atomic E-state index is 0.692. The second-order valence-corrected chi connectivity index (χ2v) is 6.46. The van der Waals surface area contributed by atoms with E-state index in [1.165, 1.54) is 83.5 Å². The average molecular weight is 321 g/mol. The molecule has 0 spiro atoms. The van der Waals surface area contributed by atoms with Crippen LogP contribution in [0.2, 0.25) is 0 Å². The molecule has 0 aliphatic rings. The van der Waals surface area contributed by atoms with E-state index in [0.29, 0.717) is 5.76 Å². The second kappa shape index (κ2) is 19.1. The van der Waals surface area contributed by atoms with E-state index in [-0.39, 0.29) is 0 Å². The van der Waals surface area contributed by atoms with Crippen LogP contribution >= 0.6 is 0 Å². The maximum atomic E-state index is 5.39. The van der Waals surface area contributed by atoms with Crippen molar-refractivity contribution in [3.63, 3.8) is 0 Å². The van der Waals surface area contributed by atoms with Crippen LogP contribution in [0.4, 0.5) is 0 Å². The molecular weight excluding hydrogens is 280 g/mol. The van der Waals surface area contributed by atoms with Crippen LogP contribution in [0.1, 0.15) is 96.8 Å². The predicted octanol–water partition coefficient (Wildman–Crippen LogP) is 7.74. The topological polar surface area (TPSA) is 9.23 Å². The van der Waals surface area contributed by atoms with Gasteiger partial charge in [0.15, 0.2) is 0 Å². The molecule has 0 aromatic carbocycles. The van der Waals surface area contributed by atoms with Gasteiger partial charge in [-0.25, -0.2) is 0 Å². The molecule has 0 amide bonds. The smallest absolute Gasteiger partial charge is 0.111 e. The number of hydrogen-bond acceptors (Lipinski definition) is 1. The van der Waals surface area contributed by atoms with Gasteiger partial charge in [-0.05, 0) is 38.2 Å². The molecule has 0 aliphatic heterocycles. The molecule has 0 rings (SSSR count). The highest BCUT2D eigenvalue weighted by molar-refractivity contribution is 5.01. The van der Waals surface area contributed by atoms with Gasteiger partial charge in [-0.3, -0.25) is 0 Å². The molecule has 0 bridgehead atoms. The molecule has 0 saturated carbocycles. The zero-order valence-corrected chi connectivity index (χ0v) is 15.7. The van der Waals surface area contributed by atoms with Gasteiger partial charge in [0.05, 0.1) is 6.61 Å². The SMILES string of the molecule is C=CC(=C)OCCCCCCCC/C=C\CCCCCCCC. The Balaban J connectivity index is 3.10. The lowest BCUT2D eigenvalue weighted by atomic mass is 10.1. The third-order valence-corrected chi connectivity index (χ3v) is 4.17. The van der Waals surface area contributed by atoms with Gasteiger partial charge in [-0.15, -0.1) is 0 Å². The summed E-state index contributed by atoms with van der Waals surface area (Å²) in [5.74, 6) is 0.692. The van der Waals surface area contributed by atoms with E-state index in [2.05, 4.69) is 32.2 Å². The minimum Gasteiger partial charge on any atom is -0.494 e. The van der Waals surface area contributed by atoms with Gasteiger partial charge >= 0.3 is 0 Å². The van der Waals surface area contributed by atoms with Crippen molar-refractivity contribution in [3.8, 4) is 0 Å². The zero-order chi connectivity index (χ0) is 17.0. The van der Waals surface area contributed by atoms with Crippen LogP contribution in [0.15, 0.2) is 37.1 Å². The molecule has 1 heteroatoms. The third kappa shape index (κ3) is 19.0. The molecule has 134 valence electrons. The minimum atomic E-state index is 0.692. The van der Waals surface area contributed by atoms with E-state index < -0.39 is 0 Å². The summed E-state index contributed by atoms with van der Waals surface area (Å²) in [7, 11) is 0. The number of unbranched alkanes of at least 4 members (excludes halogenated alkanes) is 12. The Morgan fingerprint density at radius 2 is 1.22 bits per heavy atom. The number of allylic oxidation sites excluding steroid dienone is 3. The normalized spacial score (nSPS) is 11.0. The first-order valence-electron chi connectivity index (χ1n) is 9.90. The summed E-state index contributed by atoms with van der Waals surface area (Å²) in [6.07, 6.45) is 25.2. The van der Waals surface area contributed by atoms with E-state index in [4.69, 9.17) is 4.74 Å². The number of ether oxygens (including phenoxy) is 1. The summed E-state index contributed by atoms with van der Waals surface area (Å²) in [6, 6.07) is 0. The van der Waals surface area contributed by atoms with Crippen LogP contribution in [0.25, 0.3) is 0 Å². The van der Waals surface area contributed by atoms with Crippen LogP contribution in [0.3, 0.4) is 0 Å². The van der Waals surface area contributed by atoms with E-state index in [1.54, 1.807) is 6.08 Å². The molecular formula is C22H40O. The molecule has 0 unspecified atom stereocenters. The summed E-state index contributed by atoms with van der Waals surface area (Å²) >= 11 is 0. The van der Waals surface area contributed by atoms with Gasteiger partial charge < -0.3 is 4.74 Å². The summed E-state index contributed by atoms with van der Waals surface area (Å²) in [5.41, 5.74) is 0. The first-order chi connectivity index (χ1) is 11.3. The van der Waals surface area contributed by atoms with Crippen molar-refractivity contribution in [1.82, 2.24) is 0 Å². The van der Waals surface area contributed by atoms with Gasteiger partial charge in [-0.2, -0.15) is 0 Å². The zero-order valence-electron chi connectivity index (χ0n) is 15.7. The summed E-state index contributed by atoms with van der Waals surface area (Å²) in [6.45, 7) is 10.4. The highest BCUT2D eigenvalue weighted by Crippen LogP contribution is 2.10. The van der Waals surface area contributed by atoms with Gasteiger partial charge in [0.2, 0.25) is 0 Å². The van der Waals surface area contributed by atoms with Crippen LogP contribution in [-0.4, -0.2) is 6.61 Å².